The molecule has 82 valence electrons. The van der Waals surface area contributed by atoms with E-state index in [0.717, 1.165) is 4.31 Å². The molecule has 6 nitrogen and oxygen atoms in total. The summed E-state index contributed by atoms with van der Waals surface area (Å²) < 4.78 is 24.5. The molecule has 0 aromatic rings. The molecule has 0 spiro atoms. The third-order valence-electron chi connectivity index (χ3n) is 2.25. The number of carbonyl (C=O) groups is 1. The van der Waals surface area contributed by atoms with Crippen molar-refractivity contribution in [1.29, 1.82) is 0 Å². The summed E-state index contributed by atoms with van der Waals surface area (Å²) in [6, 6.07) is 0. The molecular weight excluding hydrogens is 206 g/mol. The highest BCUT2D eigenvalue weighted by Gasteiger charge is 2.32. The predicted octanol–water partition coefficient (Wildman–Crippen LogP) is -1.90. The topological polar surface area (TPSA) is 92.5 Å². The lowest BCUT2D eigenvalue weighted by Gasteiger charge is -2.19. The fraction of sp³-hybridized carbons (Fsp3) is 0.857. The zero-order valence-electron chi connectivity index (χ0n) is 8.06. The molecule has 0 aliphatic carbocycles. The average molecular weight is 221 g/mol. The summed E-state index contributed by atoms with van der Waals surface area (Å²) in [6.07, 6.45) is 0.589. The molecule has 1 amide bonds. The summed E-state index contributed by atoms with van der Waals surface area (Å²) in [7, 11) is -1.99. The summed E-state index contributed by atoms with van der Waals surface area (Å²) in [6.45, 7) is 0.901. The molecule has 3 N–H and O–H groups in total. The number of amides is 1. The van der Waals surface area contributed by atoms with Crippen LogP contribution >= 0.6 is 0 Å². The molecule has 1 rings (SSSR count). The van der Waals surface area contributed by atoms with Gasteiger partial charge in [-0.1, -0.05) is 0 Å². The molecule has 1 aliphatic rings. The van der Waals surface area contributed by atoms with E-state index in [1.807, 2.05) is 0 Å². The Bertz CT molecular complexity index is 308. The lowest BCUT2D eigenvalue weighted by Crippen LogP contribution is -2.41. The lowest BCUT2D eigenvalue weighted by molar-refractivity contribution is -0.118. The number of hydrogen-bond acceptors (Lipinski definition) is 4. The van der Waals surface area contributed by atoms with E-state index in [9.17, 15) is 13.2 Å². The number of nitrogens with two attached hydrogens (primary N) is 1. The number of hydrogen-bond donors (Lipinski definition) is 2. The van der Waals surface area contributed by atoms with Gasteiger partial charge in [0, 0.05) is 13.6 Å². The largest absolute Gasteiger partial charge is 0.369 e. The second kappa shape index (κ2) is 4.24. The molecule has 1 unspecified atom stereocenters. The first-order chi connectivity index (χ1) is 6.44. The second-order valence-corrected chi connectivity index (χ2v) is 5.70. The number of primary amides is 1. The normalized spacial score (nSPS) is 22.9. The number of nitrogens with one attached hydrogen (secondary N) is 1. The van der Waals surface area contributed by atoms with E-state index >= 15 is 0 Å². The molecular formula is C7H15N3O3S. The van der Waals surface area contributed by atoms with Crippen LogP contribution in [0.4, 0.5) is 0 Å². The van der Waals surface area contributed by atoms with Crippen LogP contribution in [0, 0.1) is 0 Å². The van der Waals surface area contributed by atoms with E-state index in [4.69, 9.17) is 5.73 Å². The van der Waals surface area contributed by atoms with Gasteiger partial charge in [0.25, 0.3) is 0 Å². The minimum Gasteiger partial charge on any atom is -0.369 e. The highest BCUT2D eigenvalue weighted by Crippen LogP contribution is 2.13. The van der Waals surface area contributed by atoms with Crippen molar-refractivity contribution in [3.63, 3.8) is 0 Å². The highest BCUT2D eigenvalue weighted by molar-refractivity contribution is 7.89. The van der Waals surface area contributed by atoms with Crippen LogP contribution in [0.1, 0.15) is 6.42 Å². The van der Waals surface area contributed by atoms with E-state index in [-0.39, 0.29) is 6.54 Å². The Kier molecular flexibility index (Phi) is 3.46. The molecule has 14 heavy (non-hydrogen) atoms. The third kappa shape index (κ3) is 2.43. The lowest BCUT2D eigenvalue weighted by atomic mass is 10.4. The number of carbonyl (C=O) groups excluding carboxylic acids is 1. The van der Waals surface area contributed by atoms with Gasteiger partial charge in [-0.05, 0) is 13.0 Å². The standard InChI is InChI=1S/C7H15N3O3S/c1-10(5-7(8)11)14(12,13)6-2-3-9-4-6/h6,9H,2-5H2,1H3,(H2,8,11). The predicted molar refractivity (Wildman–Crippen MR) is 52.0 cm³/mol. The van der Waals surface area contributed by atoms with Crippen molar-refractivity contribution in [3.05, 3.63) is 0 Å². The van der Waals surface area contributed by atoms with Gasteiger partial charge in [-0.15, -0.1) is 0 Å². The minimum atomic E-state index is -3.36. The van der Waals surface area contributed by atoms with Crippen LogP contribution in [0.3, 0.4) is 0 Å². The van der Waals surface area contributed by atoms with Gasteiger partial charge >= 0.3 is 0 Å². The smallest absolute Gasteiger partial charge is 0.232 e. The van der Waals surface area contributed by atoms with Gasteiger partial charge in [0.2, 0.25) is 15.9 Å². The van der Waals surface area contributed by atoms with Gasteiger partial charge < -0.3 is 11.1 Å². The van der Waals surface area contributed by atoms with Gasteiger partial charge in [0.05, 0.1) is 11.8 Å². The van der Waals surface area contributed by atoms with Crippen LogP contribution in [-0.4, -0.2) is 50.6 Å². The Morgan fingerprint density at radius 3 is 2.71 bits per heavy atom. The maximum Gasteiger partial charge on any atom is 0.232 e. The Hall–Kier alpha value is -0.660. The molecule has 1 fully saturated rings. The Labute approximate surface area is 83.5 Å². The Morgan fingerprint density at radius 1 is 1.64 bits per heavy atom. The van der Waals surface area contributed by atoms with Crippen molar-refractivity contribution in [2.45, 2.75) is 11.7 Å². The van der Waals surface area contributed by atoms with Crippen LogP contribution < -0.4 is 11.1 Å². The number of nitrogens with zero attached hydrogens (tertiary/aromatic N) is 1. The van der Waals surface area contributed by atoms with Crippen LogP contribution in [0.15, 0.2) is 0 Å². The maximum atomic E-state index is 11.7. The zero-order chi connectivity index (χ0) is 10.8. The molecule has 0 saturated carbocycles. The first kappa shape index (κ1) is 11.4. The first-order valence-corrected chi connectivity index (χ1v) is 5.89. The molecule has 1 atom stereocenters. The van der Waals surface area contributed by atoms with Crippen LogP contribution in [0.5, 0.6) is 0 Å². The van der Waals surface area contributed by atoms with Crippen molar-refractivity contribution in [1.82, 2.24) is 9.62 Å². The van der Waals surface area contributed by atoms with E-state index < -0.39 is 21.2 Å². The van der Waals surface area contributed by atoms with Crippen LogP contribution in [0.2, 0.25) is 0 Å². The summed E-state index contributed by atoms with van der Waals surface area (Å²) in [5.74, 6) is -0.637. The molecule has 1 saturated heterocycles. The Morgan fingerprint density at radius 2 is 2.29 bits per heavy atom. The molecule has 1 heterocycles. The summed E-state index contributed by atoms with van der Waals surface area (Å²) in [5.41, 5.74) is 4.93. The van der Waals surface area contributed by atoms with Gasteiger partial charge in [-0.25, -0.2) is 8.42 Å². The molecule has 0 aromatic carbocycles. The third-order valence-corrected chi connectivity index (χ3v) is 4.49. The van der Waals surface area contributed by atoms with Crippen molar-refractivity contribution in [2.24, 2.45) is 5.73 Å². The van der Waals surface area contributed by atoms with Crippen LogP contribution in [0.25, 0.3) is 0 Å². The Balaban J connectivity index is 2.68. The first-order valence-electron chi connectivity index (χ1n) is 4.39. The molecule has 7 heteroatoms. The SMILES string of the molecule is CN(CC(N)=O)S(=O)(=O)C1CCNC1. The van der Waals surface area contributed by atoms with Crippen molar-refractivity contribution in [2.75, 3.05) is 26.7 Å². The molecule has 0 aromatic heterocycles. The molecule has 1 aliphatic heterocycles. The average Bonchev–Trinajstić information content (AvgIpc) is 2.54. The fourth-order valence-electron chi connectivity index (χ4n) is 1.45. The van der Waals surface area contributed by atoms with Gasteiger partial charge in [-0.2, -0.15) is 4.31 Å². The zero-order valence-corrected chi connectivity index (χ0v) is 8.88. The molecule has 0 radical (unpaired) electrons. The van der Waals surface area contributed by atoms with Crippen LogP contribution in [-0.2, 0) is 14.8 Å². The van der Waals surface area contributed by atoms with E-state index in [0.29, 0.717) is 19.5 Å². The highest BCUT2D eigenvalue weighted by atomic mass is 32.2. The number of rotatable bonds is 4. The van der Waals surface area contributed by atoms with E-state index in [1.165, 1.54) is 7.05 Å². The maximum absolute atomic E-state index is 11.7. The number of sulfonamides is 1. The van der Waals surface area contributed by atoms with Gasteiger partial charge in [0.15, 0.2) is 0 Å². The van der Waals surface area contributed by atoms with Crippen molar-refractivity contribution < 1.29 is 13.2 Å². The number of likely N-dealkylation sites (N-methyl/N-ethyl adjacent to an activating group) is 1. The van der Waals surface area contributed by atoms with E-state index in [2.05, 4.69) is 5.32 Å². The quantitative estimate of drug-likeness (QED) is 0.579. The fourth-order valence-corrected chi connectivity index (χ4v) is 3.01. The van der Waals surface area contributed by atoms with E-state index in [1.54, 1.807) is 0 Å². The summed E-state index contributed by atoms with van der Waals surface area (Å²) >= 11 is 0. The monoisotopic (exact) mass is 221 g/mol. The molecule has 0 bridgehead atoms. The summed E-state index contributed by atoms with van der Waals surface area (Å²) in [4.78, 5) is 10.6. The summed E-state index contributed by atoms with van der Waals surface area (Å²) in [5, 5.41) is 2.54. The van der Waals surface area contributed by atoms with Crippen molar-refractivity contribution >= 4 is 15.9 Å². The minimum absolute atomic E-state index is 0.251. The van der Waals surface area contributed by atoms with Gasteiger partial charge in [-0.3, -0.25) is 4.79 Å². The van der Waals surface area contributed by atoms with Gasteiger partial charge in [0.1, 0.15) is 0 Å². The second-order valence-electron chi connectivity index (χ2n) is 3.38. The van der Waals surface area contributed by atoms with Crippen molar-refractivity contribution in [3.8, 4) is 0 Å².